The minimum atomic E-state index is -0.132. The third kappa shape index (κ3) is 4.44. The van der Waals surface area contributed by atoms with Crippen molar-refractivity contribution >= 4 is 11.9 Å². The molecule has 2 atom stereocenters. The molecule has 26 heavy (non-hydrogen) atoms. The maximum atomic E-state index is 12.6. The van der Waals surface area contributed by atoms with Gasteiger partial charge in [0.25, 0.3) is 5.56 Å². The van der Waals surface area contributed by atoms with Gasteiger partial charge >= 0.3 is 0 Å². The highest BCUT2D eigenvalue weighted by molar-refractivity contribution is 5.76. The van der Waals surface area contributed by atoms with Gasteiger partial charge in [-0.2, -0.15) is 0 Å². The van der Waals surface area contributed by atoms with E-state index in [2.05, 4.69) is 23.8 Å². The molecule has 3 heterocycles. The van der Waals surface area contributed by atoms with Crippen molar-refractivity contribution in [1.29, 1.82) is 0 Å². The molecule has 0 aromatic carbocycles. The summed E-state index contributed by atoms with van der Waals surface area (Å²) in [6.07, 6.45) is 1.98. The summed E-state index contributed by atoms with van der Waals surface area (Å²) in [6, 6.07) is 0. The van der Waals surface area contributed by atoms with E-state index in [9.17, 15) is 9.59 Å². The maximum absolute atomic E-state index is 12.6. The van der Waals surface area contributed by atoms with Crippen molar-refractivity contribution < 1.29 is 9.53 Å². The van der Waals surface area contributed by atoms with Gasteiger partial charge < -0.3 is 14.5 Å². The lowest BCUT2D eigenvalue weighted by atomic mass is 9.91. The number of aromatic nitrogens is 2. The molecule has 0 bridgehead atoms. The van der Waals surface area contributed by atoms with Gasteiger partial charge in [0.05, 0.1) is 13.2 Å². The van der Waals surface area contributed by atoms with Crippen molar-refractivity contribution in [3.63, 3.8) is 0 Å². The van der Waals surface area contributed by atoms with Crippen LogP contribution in [0.2, 0.25) is 0 Å². The van der Waals surface area contributed by atoms with Crippen LogP contribution < -0.4 is 10.5 Å². The summed E-state index contributed by atoms with van der Waals surface area (Å²) in [7, 11) is 0. The Morgan fingerprint density at radius 1 is 1.23 bits per heavy atom. The van der Waals surface area contributed by atoms with Crippen molar-refractivity contribution in [2.24, 2.45) is 11.8 Å². The Balaban J connectivity index is 1.64. The van der Waals surface area contributed by atoms with E-state index >= 15 is 0 Å². The number of carbonyl (C=O) groups excluding carboxylic acids is 1. The molecule has 2 saturated heterocycles. The van der Waals surface area contributed by atoms with Crippen molar-refractivity contribution in [1.82, 2.24) is 14.9 Å². The van der Waals surface area contributed by atoms with Crippen LogP contribution in [-0.4, -0.2) is 60.2 Å². The summed E-state index contributed by atoms with van der Waals surface area (Å²) in [5, 5.41) is 0. The number of H-pyrrole nitrogens is 1. The van der Waals surface area contributed by atoms with Gasteiger partial charge in [-0.05, 0) is 31.6 Å². The average Bonchev–Trinajstić information content (AvgIpc) is 2.60. The standard InChI is InChI=1S/C19H30N4O3/c1-13-10-14(2)12-23(11-13)17(24)5-4-16-15(3)20-19(21-18(16)25)22-6-8-26-9-7-22/h13-14H,4-12H2,1-3H3,(H,20,21,25)/t13-,14-/m0/s1. The number of amides is 1. The summed E-state index contributed by atoms with van der Waals surface area (Å²) < 4.78 is 5.34. The van der Waals surface area contributed by atoms with E-state index in [4.69, 9.17) is 4.74 Å². The highest BCUT2D eigenvalue weighted by atomic mass is 16.5. The highest BCUT2D eigenvalue weighted by Gasteiger charge is 2.25. The molecule has 0 aliphatic carbocycles. The van der Waals surface area contributed by atoms with E-state index < -0.39 is 0 Å². The fourth-order valence-corrected chi connectivity index (χ4v) is 4.07. The van der Waals surface area contributed by atoms with Crippen LogP contribution in [0, 0.1) is 18.8 Å². The monoisotopic (exact) mass is 362 g/mol. The van der Waals surface area contributed by atoms with Crippen molar-refractivity contribution in [3.05, 3.63) is 21.6 Å². The maximum Gasteiger partial charge on any atom is 0.255 e. The molecule has 0 saturated carbocycles. The van der Waals surface area contributed by atoms with E-state index in [1.807, 2.05) is 16.7 Å². The Labute approximate surface area is 154 Å². The van der Waals surface area contributed by atoms with Gasteiger partial charge in [-0.3, -0.25) is 14.6 Å². The van der Waals surface area contributed by atoms with Crippen LogP contribution in [0.3, 0.4) is 0 Å². The molecular weight excluding hydrogens is 332 g/mol. The number of carbonyl (C=O) groups is 1. The molecule has 2 fully saturated rings. The van der Waals surface area contributed by atoms with Crippen molar-refractivity contribution in [3.8, 4) is 0 Å². The molecule has 7 nitrogen and oxygen atoms in total. The number of hydrogen-bond donors (Lipinski definition) is 1. The van der Waals surface area contributed by atoms with Crippen molar-refractivity contribution in [2.45, 2.75) is 40.0 Å². The number of nitrogens with zero attached hydrogens (tertiary/aromatic N) is 3. The van der Waals surface area contributed by atoms with Crippen LogP contribution in [0.15, 0.2) is 4.79 Å². The quantitative estimate of drug-likeness (QED) is 0.875. The fraction of sp³-hybridized carbons (Fsp3) is 0.737. The van der Waals surface area contributed by atoms with E-state index in [-0.39, 0.29) is 11.5 Å². The zero-order valence-corrected chi connectivity index (χ0v) is 16.1. The number of aromatic amines is 1. The molecule has 3 rings (SSSR count). The summed E-state index contributed by atoms with van der Waals surface area (Å²) in [5.41, 5.74) is 1.20. The predicted molar refractivity (Wildman–Crippen MR) is 100 cm³/mol. The normalized spacial score (nSPS) is 24.0. The fourth-order valence-electron chi connectivity index (χ4n) is 4.07. The Kier molecular flexibility index (Phi) is 5.96. The Morgan fingerprint density at radius 3 is 2.50 bits per heavy atom. The number of hydrogen-bond acceptors (Lipinski definition) is 5. The lowest BCUT2D eigenvalue weighted by Gasteiger charge is -2.35. The lowest BCUT2D eigenvalue weighted by Crippen LogP contribution is -2.42. The average molecular weight is 362 g/mol. The van der Waals surface area contributed by atoms with Gasteiger partial charge in [0.1, 0.15) is 0 Å². The molecule has 0 spiro atoms. The highest BCUT2D eigenvalue weighted by Crippen LogP contribution is 2.22. The van der Waals surface area contributed by atoms with Gasteiger partial charge in [-0.15, -0.1) is 0 Å². The van der Waals surface area contributed by atoms with Crippen LogP contribution in [-0.2, 0) is 16.0 Å². The number of anilines is 1. The van der Waals surface area contributed by atoms with Gasteiger partial charge in [0.2, 0.25) is 11.9 Å². The molecular formula is C19H30N4O3. The summed E-state index contributed by atoms with van der Waals surface area (Å²) in [6.45, 7) is 10.6. The molecule has 144 valence electrons. The van der Waals surface area contributed by atoms with E-state index in [1.165, 1.54) is 6.42 Å². The zero-order chi connectivity index (χ0) is 18.7. The van der Waals surface area contributed by atoms with Crippen LogP contribution in [0.1, 0.15) is 37.9 Å². The number of ether oxygens (including phenoxy) is 1. The van der Waals surface area contributed by atoms with E-state index in [0.717, 1.165) is 26.2 Å². The summed E-state index contributed by atoms with van der Waals surface area (Å²) in [5.74, 6) is 1.83. The predicted octanol–water partition coefficient (Wildman–Crippen LogP) is 1.35. The van der Waals surface area contributed by atoms with Gasteiger partial charge in [-0.1, -0.05) is 13.8 Å². The van der Waals surface area contributed by atoms with Crippen molar-refractivity contribution in [2.75, 3.05) is 44.3 Å². The first-order valence-corrected chi connectivity index (χ1v) is 9.64. The first kappa shape index (κ1) is 18.9. The number of nitrogens with one attached hydrogen (secondary N) is 1. The third-order valence-corrected chi connectivity index (χ3v) is 5.33. The number of likely N-dealkylation sites (tertiary alicyclic amines) is 1. The molecule has 0 unspecified atom stereocenters. The number of aryl methyl sites for hydroxylation is 1. The minimum absolute atomic E-state index is 0.132. The first-order chi connectivity index (χ1) is 12.4. The Morgan fingerprint density at radius 2 is 1.88 bits per heavy atom. The van der Waals surface area contributed by atoms with E-state index in [1.54, 1.807) is 0 Å². The lowest BCUT2D eigenvalue weighted by molar-refractivity contribution is -0.133. The second-order valence-corrected chi connectivity index (χ2v) is 7.80. The minimum Gasteiger partial charge on any atom is -0.378 e. The molecule has 0 radical (unpaired) electrons. The molecule has 2 aliphatic heterocycles. The Hall–Kier alpha value is -1.89. The van der Waals surface area contributed by atoms with E-state index in [0.29, 0.717) is 55.1 Å². The van der Waals surface area contributed by atoms with Crippen LogP contribution in [0.5, 0.6) is 0 Å². The van der Waals surface area contributed by atoms with Crippen LogP contribution in [0.4, 0.5) is 5.95 Å². The zero-order valence-electron chi connectivity index (χ0n) is 16.1. The van der Waals surface area contributed by atoms with Crippen LogP contribution in [0.25, 0.3) is 0 Å². The number of rotatable bonds is 4. The number of morpholine rings is 1. The second-order valence-electron chi connectivity index (χ2n) is 7.80. The topological polar surface area (TPSA) is 78.5 Å². The molecule has 7 heteroatoms. The largest absolute Gasteiger partial charge is 0.378 e. The van der Waals surface area contributed by atoms with Crippen LogP contribution >= 0.6 is 0 Å². The summed E-state index contributed by atoms with van der Waals surface area (Å²) >= 11 is 0. The molecule has 1 aromatic rings. The second kappa shape index (κ2) is 8.20. The third-order valence-electron chi connectivity index (χ3n) is 5.33. The summed E-state index contributed by atoms with van der Waals surface area (Å²) in [4.78, 5) is 36.5. The molecule has 1 aromatic heterocycles. The van der Waals surface area contributed by atoms with Gasteiger partial charge in [-0.25, -0.2) is 4.98 Å². The smallest absolute Gasteiger partial charge is 0.255 e. The SMILES string of the molecule is Cc1nc(N2CCOCC2)[nH]c(=O)c1CCC(=O)N1C[C@@H](C)C[C@H](C)C1. The first-order valence-electron chi connectivity index (χ1n) is 9.64. The van der Waals surface area contributed by atoms with Gasteiger partial charge in [0.15, 0.2) is 0 Å². The van der Waals surface area contributed by atoms with Gasteiger partial charge in [0, 0.05) is 43.9 Å². The molecule has 2 aliphatic rings. The number of piperidine rings is 1. The molecule has 1 amide bonds. The molecule has 1 N–H and O–H groups in total. The Bertz CT molecular complexity index is 687.